The average molecular weight is 258 g/mol. The van der Waals surface area contributed by atoms with Gasteiger partial charge >= 0.3 is 0 Å². The molecule has 2 aliphatic carbocycles. The molecule has 1 aliphatic heterocycles. The number of hydrogen-bond acceptors (Lipinski definition) is 3. The number of rotatable bonds is 6. The van der Waals surface area contributed by atoms with Crippen molar-refractivity contribution in [3.05, 3.63) is 0 Å². The van der Waals surface area contributed by atoms with E-state index in [1.165, 1.54) is 25.7 Å². The molecule has 1 N–H and O–H groups in total. The lowest BCUT2D eigenvalue weighted by Crippen LogP contribution is -2.40. The summed E-state index contributed by atoms with van der Waals surface area (Å²) in [6.45, 7) is 2.22. The predicted molar refractivity (Wildman–Crippen MR) is 67.2 cm³/mol. The van der Waals surface area contributed by atoms with Crippen molar-refractivity contribution >= 4 is 10.0 Å². The largest absolute Gasteiger partial charge is 0.312 e. The van der Waals surface area contributed by atoms with E-state index in [9.17, 15) is 8.42 Å². The molecule has 3 aliphatic rings. The van der Waals surface area contributed by atoms with Crippen LogP contribution in [-0.4, -0.2) is 44.2 Å². The molecule has 2 saturated carbocycles. The second-order valence-electron chi connectivity index (χ2n) is 5.72. The lowest BCUT2D eigenvalue weighted by Gasteiger charge is -2.20. The van der Waals surface area contributed by atoms with Crippen LogP contribution >= 0.6 is 0 Å². The van der Waals surface area contributed by atoms with Crippen LogP contribution in [0.1, 0.15) is 32.1 Å². The van der Waals surface area contributed by atoms with Crippen LogP contribution in [0.25, 0.3) is 0 Å². The van der Waals surface area contributed by atoms with E-state index in [0.29, 0.717) is 18.3 Å². The summed E-state index contributed by atoms with van der Waals surface area (Å²) >= 11 is 0. The predicted octanol–water partition coefficient (Wildman–Crippen LogP) is 0.800. The standard InChI is InChI=1S/C12H22N2O2S/c15-17(16)9-1-7-14(17)8-6-13-12(10-2-3-10)11-4-5-11/h10-13H,1-9H2. The SMILES string of the molecule is O=S1(=O)CCCN1CCNC(C1CC1)C1CC1. The Morgan fingerprint density at radius 2 is 1.82 bits per heavy atom. The van der Waals surface area contributed by atoms with E-state index >= 15 is 0 Å². The molecule has 4 nitrogen and oxygen atoms in total. The minimum Gasteiger partial charge on any atom is -0.312 e. The van der Waals surface area contributed by atoms with E-state index in [2.05, 4.69) is 5.32 Å². The lowest BCUT2D eigenvalue weighted by molar-refractivity contribution is 0.377. The number of nitrogens with zero attached hydrogens (tertiary/aromatic N) is 1. The summed E-state index contributed by atoms with van der Waals surface area (Å²) in [5.41, 5.74) is 0. The highest BCUT2D eigenvalue weighted by atomic mass is 32.2. The highest BCUT2D eigenvalue weighted by Gasteiger charge is 2.41. The molecule has 3 fully saturated rings. The van der Waals surface area contributed by atoms with Crippen molar-refractivity contribution in [3.8, 4) is 0 Å². The monoisotopic (exact) mass is 258 g/mol. The van der Waals surface area contributed by atoms with E-state index < -0.39 is 10.0 Å². The number of sulfonamides is 1. The van der Waals surface area contributed by atoms with Gasteiger partial charge in [-0.3, -0.25) is 0 Å². The first-order valence-electron chi connectivity index (χ1n) is 6.88. The average Bonchev–Trinajstić information content (AvgIpc) is 3.13. The molecule has 1 saturated heterocycles. The van der Waals surface area contributed by atoms with Gasteiger partial charge in [-0.25, -0.2) is 12.7 Å². The molecule has 0 aromatic rings. The third kappa shape index (κ3) is 2.83. The third-order valence-electron chi connectivity index (χ3n) is 4.20. The van der Waals surface area contributed by atoms with Gasteiger partial charge in [0.1, 0.15) is 0 Å². The van der Waals surface area contributed by atoms with Crippen molar-refractivity contribution in [1.29, 1.82) is 0 Å². The van der Waals surface area contributed by atoms with Gasteiger partial charge in [0.05, 0.1) is 5.75 Å². The van der Waals surface area contributed by atoms with Crippen LogP contribution in [0.3, 0.4) is 0 Å². The molecule has 98 valence electrons. The van der Waals surface area contributed by atoms with Gasteiger partial charge in [0.25, 0.3) is 0 Å². The summed E-state index contributed by atoms with van der Waals surface area (Å²) in [6, 6.07) is 0.681. The first-order chi connectivity index (χ1) is 8.17. The zero-order valence-corrected chi connectivity index (χ0v) is 11.1. The van der Waals surface area contributed by atoms with Crippen molar-refractivity contribution in [2.75, 3.05) is 25.4 Å². The number of nitrogens with one attached hydrogen (secondary N) is 1. The molecule has 5 heteroatoms. The Labute approximate surface area is 104 Å². The first-order valence-corrected chi connectivity index (χ1v) is 8.49. The normalized spacial score (nSPS) is 29.0. The Morgan fingerprint density at radius 1 is 1.18 bits per heavy atom. The van der Waals surface area contributed by atoms with Gasteiger partial charge in [0.15, 0.2) is 0 Å². The van der Waals surface area contributed by atoms with Crippen molar-refractivity contribution in [3.63, 3.8) is 0 Å². The van der Waals surface area contributed by atoms with Gasteiger partial charge in [0, 0.05) is 25.7 Å². The molecule has 0 unspecified atom stereocenters. The van der Waals surface area contributed by atoms with Crippen molar-refractivity contribution in [2.45, 2.75) is 38.1 Å². The van der Waals surface area contributed by atoms with E-state index in [1.807, 2.05) is 0 Å². The maximum Gasteiger partial charge on any atom is 0.214 e. The van der Waals surface area contributed by atoms with Gasteiger partial charge in [-0.2, -0.15) is 0 Å². The van der Waals surface area contributed by atoms with Crippen LogP contribution in [0.15, 0.2) is 0 Å². The molecule has 0 radical (unpaired) electrons. The van der Waals surface area contributed by atoms with Crippen molar-refractivity contribution in [2.24, 2.45) is 11.8 Å². The maximum atomic E-state index is 11.6. The second-order valence-corrected chi connectivity index (χ2v) is 7.81. The number of hydrogen-bond donors (Lipinski definition) is 1. The van der Waals surface area contributed by atoms with Crippen molar-refractivity contribution in [1.82, 2.24) is 9.62 Å². The second kappa shape index (κ2) is 4.52. The molecular formula is C12H22N2O2S. The quantitative estimate of drug-likeness (QED) is 0.766. The van der Waals surface area contributed by atoms with Crippen LogP contribution < -0.4 is 5.32 Å². The van der Waals surface area contributed by atoms with Gasteiger partial charge in [-0.15, -0.1) is 0 Å². The molecule has 0 aromatic carbocycles. The molecule has 1 heterocycles. The topological polar surface area (TPSA) is 49.4 Å². The fraction of sp³-hybridized carbons (Fsp3) is 1.00. The molecule has 0 spiro atoms. The minimum atomic E-state index is -2.90. The Kier molecular flexibility index (Phi) is 3.17. The molecule has 17 heavy (non-hydrogen) atoms. The summed E-state index contributed by atoms with van der Waals surface area (Å²) in [5.74, 6) is 2.12. The van der Waals surface area contributed by atoms with E-state index in [0.717, 1.165) is 31.3 Å². The van der Waals surface area contributed by atoms with E-state index in [4.69, 9.17) is 0 Å². The van der Waals surface area contributed by atoms with Gasteiger partial charge in [-0.1, -0.05) is 0 Å². The van der Waals surface area contributed by atoms with Crippen LogP contribution in [0, 0.1) is 11.8 Å². The molecule has 0 atom stereocenters. The van der Waals surface area contributed by atoms with Gasteiger partial charge in [-0.05, 0) is 43.9 Å². The molecule has 0 aromatic heterocycles. The zero-order valence-electron chi connectivity index (χ0n) is 10.3. The smallest absolute Gasteiger partial charge is 0.214 e. The van der Waals surface area contributed by atoms with Crippen LogP contribution in [-0.2, 0) is 10.0 Å². The fourth-order valence-corrected chi connectivity index (χ4v) is 4.46. The molecule has 0 bridgehead atoms. The Bertz CT molecular complexity index is 362. The molecule has 3 rings (SSSR count). The van der Waals surface area contributed by atoms with Gasteiger partial charge in [0.2, 0.25) is 10.0 Å². The Balaban J connectivity index is 1.45. The Hall–Kier alpha value is -0.130. The molecule has 0 amide bonds. The minimum absolute atomic E-state index is 0.349. The van der Waals surface area contributed by atoms with E-state index in [-0.39, 0.29) is 0 Å². The third-order valence-corrected chi connectivity index (χ3v) is 6.16. The summed E-state index contributed by atoms with van der Waals surface area (Å²) in [5, 5.41) is 3.60. The van der Waals surface area contributed by atoms with Crippen molar-refractivity contribution < 1.29 is 8.42 Å². The fourth-order valence-electron chi connectivity index (χ4n) is 2.93. The van der Waals surface area contributed by atoms with Crippen LogP contribution in [0.5, 0.6) is 0 Å². The lowest BCUT2D eigenvalue weighted by atomic mass is 10.1. The maximum absolute atomic E-state index is 11.6. The molecular weight excluding hydrogens is 236 g/mol. The van der Waals surface area contributed by atoms with E-state index in [1.54, 1.807) is 4.31 Å². The summed E-state index contributed by atoms with van der Waals surface area (Å²) < 4.78 is 24.9. The van der Waals surface area contributed by atoms with Gasteiger partial charge < -0.3 is 5.32 Å². The first kappa shape index (κ1) is 11.9. The summed E-state index contributed by atoms with van der Waals surface area (Å²) in [7, 11) is -2.90. The highest BCUT2D eigenvalue weighted by Crippen LogP contribution is 2.44. The van der Waals surface area contributed by atoms with Crippen LogP contribution in [0.2, 0.25) is 0 Å². The highest BCUT2D eigenvalue weighted by molar-refractivity contribution is 7.89. The zero-order chi connectivity index (χ0) is 11.9. The Morgan fingerprint density at radius 3 is 2.29 bits per heavy atom. The van der Waals surface area contributed by atoms with Crippen LogP contribution in [0.4, 0.5) is 0 Å². The summed E-state index contributed by atoms with van der Waals surface area (Å²) in [4.78, 5) is 0. The summed E-state index contributed by atoms with van der Waals surface area (Å²) in [6.07, 6.45) is 6.29.